The van der Waals surface area contributed by atoms with Gasteiger partial charge in [0.05, 0.1) is 12.7 Å². The number of hydrogen-bond acceptors (Lipinski definition) is 4. The number of rotatable bonds is 4. The lowest BCUT2D eigenvalue weighted by atomic mass is 9.99. The normalized spacial score (nSPS) is 15.4. The van der Waals surface area contributed by atoms with E-state index in [1.165, 1.54) is 10.5 Å². The average molecular weight is 400 g/mol. The fourth-order valence-electron chi connectivity index (χ4n) is 4.05. The number of methoxy groups -OCH3 is 1. The summed E-state index contributed by atoms with van der Waals surface area (Å²) < 4.78 is 16.9. The monoisotopic (exact) mass is 400 g/mol. The predicted molar refractivity (Wildman–Crippen MR) is 115 cm³/mol. The summed E-state index contributed by atoms with van der Waals surface area (Å²) in [4.78, 5) is 13.6. The molecule has 0 fully saturated rings. The smallest absolute Gasteiger partial charge is 0.336 e. The lowest BCUT2D eigenvalue weighted by Gasteiger charge is -2.26. The summed E-state index contributed by atoms with van der Waals surface area (Å²) in [7, 11) is 1.66. The van der Waals surface area contributed by atoms with Crippen molar-refractivity contribution in [3.05, 3.63) is 94.3 Å². The number of benzene rings is 3. The van der Waals surface area contributed by atoms with Gasteiger partial charge in [-0.1, -0.05) is 30.3 Å². The van der Waals surface area contributed by atoms with Crippen molar-refractivity contribution in [3.63, 3.8) is 0 Å². The first-order valence-corrected chi connectivity index (χ1v) is 9.96. The Hall–Kier alpha value is -3.57. The summed E-state index contributed by atoms with van der Waals surface area (Å²) >= 11 is 0. The SMILES string of the molecule is COc1ccc(C[NH+]2COc3ccc4c(-c5ccccc5)cc(=O)oc4c3C2)cc1. The molecule has 0 saturated carbocycles. The van der Waals surface area contributed by atoms with Gasteiger partial charge in [-0.25, -0.2) is 4.79 Å². The number of hydrogen-bond donors (Lipinski definition) is 1. The van der Waals surface area contributed by atoms with Gasteiger partial charge in [-0.3, -0.25) is 4.90 Å². The zero-order chi connectivity index (χ0) is 20.5. The van der Waals surface area contributed by atoms with Gasteiger partial charge in [-0.05, 0) is 47.5 Å². The van der Waals surface area contributed by atoms with Crippen LogP contribution in [0, 0.1) is 0 Å². The first-order valence-electron chi connectivity index (χ1n) is 9.96. The molecule has 0 spiro atoms. The highest BCUT2D eigenvalue weighted by Gasteiger charge is 2.25. The summed E-state index contributed by atoms with van der Waals surface area (Å²) in [6.07, 6.45) is 0. The molecule has 0 aliphatic carbocycles. The van der Waals surface area contributed by atoms with Gasteiger partial charge in [-0.15, -0.1) is 0 Å². The second kappa shape index (κ2) is 7.69. The molecule has 4 aromatic rings. The topological polar surface area (TPSA) is 53.1 Å². The van der Waals surface area contributed by atoms with E-state index in [2.05, 4.69) is 12.1 Å². The highest BCUT2D eigenvalue weighted by Crippen LogP contribution is 2.34. The molecule has 5 rings (SSSR count). The van der Waals surface area contributed by atoms with Crippen molar-refractivity contribution in [1.82, 2.24) is 0 Å². The van der Waals surface area contributed by atoms with E-state index in [-0.39, 0.29) is 5.63 Å². The summed E-state index contributed by atoms with van der Waals surface area (Å²) in [5, 5.41) is 0.925. The molecular weight excluding hydrogens is 378 g/mol. The lowest BCUT2D eigenvalue weighted by Crippen LogP contribution is -3.10. The largest absolute Gasteiger partial charge is 0.497 e. The summed E-state index contributed by atoms with van der Waals surface area (Å²) in [5.74, 6) is 1.63. The molecule has 150 valence electrons. The summed E-state index contributed by atoms with van der Waals surface area (Å²) in [6.45, 7) is 2.09. The van der Waals surface area contributed by atoms with Crippen LogP contribution in [0.3, 0.4) is 0 Å². The first kappa shape index (κ1) is 18.5. The van der Waals surface area contributed by atoms with Crippen LogP contribution in [0.25, 0.3) is 22.1 Å². The molecule has 1 unspecified atom stereocenters. The number of nitrogens with one attached hydrogen (secondary N) is 1. The Balaban J connectivity index is 1.52. The van der Waals surface area contributed by atoms with E-state index in [0.29, 0.717) is 12.3 Å². The molecule has 0 saturated heterocycles. The van der Waals surface area contributed by atoms with Gasteiger partial charge in [0, 0.05) is 17.0 Å². The standard InChI is InChI=1S/C25H21NO4/c1-28-19-9-7-17(8-10-19)14-26-15-22-23(29-16-26)12-11-20-21(13-24(27)30-25(20)22)18-5-3-2-4-6-18/h2-13H,14-16H2,1H3/p+1. The van der Waals surface area contributed by atoms with Gasteiger partial charge < -0.3 is 13.9 Å². The Bertz CT molecular complexity index is 1250. The van der Waals surface area contributed by atoms with E-state index in [1.54, 1.807) is 13.2 Å². The fourth-order valence-corrected chi connectivity index (χ4v) is 4.05. The average Bonchev–Trinajstić information content (AvgIpc) is 2.79. The maximum atomic E-state index is 12.4. The van der Waals surface area contributed by atoms with E-state index in [9.17, 15) is 4.79 Å². The van der Waals surface area contributed by atoms with Crippen molar-refractivity contribution >= 4 is 11.0 Å². The second-order valence-electron chi connectivity index (χ2n) is 7.50. The molecule has 1 N–H and O–H groups in total. The third-order valence-electron chi connectivity index (χ3n) is 5.53. The third-order valence-corrected chi connectivity index (χ3v) is 5.53. The number of fused-ring (bicyclic) bond motifs is 3. The molecule has 1 atom stereocenters. The van der Waals surface area contributed by atoms with Crippen LogP contribution < -0.4 is 20.0 Å². The van der Waals surface area contributed by atoms with E-state index >= 15 is 0 Å². The van der Waals surface area contributed by atoms with E-state index in [4.69, 9.17) is 13.9 Å². The van der Waals surface area contributed by atoms with Crippen LogP contribution in [-0.4, -0.2) is 13.8 Å². The summed E-state index contributed by atoms with van der Waals surface area (Å²) in [6, 6.07) is 23.5. The van der Waals surface area contributed by atoms with Crippen molar-refractivity contribution in [2.75, 3.05) is 13.8 Å². The number of quaternary nitrogens is 1. The minimum atomic E-state index is -0.350. The van der Waals surface area contributed by atoms with Crippen LogP contribution in [0.1, 0.15) is 11.1 Å². The van der Waals surface area contributed by atoms with Gasteiger partial charge >= 0.3 is 5.63 Å². The molecule has 3 aromatic carbocycles. The van der Waals surface area contributed by atoms with Crippen LogP contribution in [0.15, 0.2) is 82.0 Å². The molecule has 30 heavy (non-hydrogen) atoms. The zero-order valence-corrected chi connectivity index (χ0v) is 16.7. The van der Waals surface area contributed by atoms with Crippen molar-refractivity contribution in [2.45, 2.75) is 13.1 Å². The van der Waals surface area contributed by atoms with Gasteiger partial charge in [0.1, 0.15) is 24.6 Å². The van der Waals surface area contributed by atoms with Crippen LogP contribution >= 0.6 is 0 Å². The quantitative estimate of drug-likeness (QED) is 0.534. The van der Waals surface area contributed by atoms with Gasteiger partial charge in [0.15, 0.2) is 5.58 Å². The summed E-state index contributed by atoms with van der Waals surface area (Å²) in [5.41, 5.74) is 4.28. The van der Waals surface area contributed by atoms with Gasteiger partial charge in [0.2, 0.25) is 6.73 Å². The Morgan fingerprint density at radius 3 is 2.57 bits per heavy atom. The maximum Gasteiger partial charge on any atom is 0.336 e. The van der Waals surface area contributed by atoms with E-state index < -0.39 is 0 Å². The molecule has 5 heteroatoms. The molecule has 0 bridgehead atoms. The second-order valence-corrected chi connectivity index (χ2v) is 7.50. The highest BCUT2D eigenvalue weighted by molar-refractivity contribution is 5.95. The Morgan fingerprint density at radius 1 is 1.00 bits per heavy atom. The Morgan fingerprint density at radius 2 is 1.80 bits per heavy atom. The van der Waals surface area contributed by atoms with Crippen molar-refractivity contribution in [1.29, 1.82) is 0 Å². The van der Waals surface area contributed by atoms with Gasteiger partial charge in [0.25, 0.3) is 0 Å². The van der Waals surface area contributed by atoms with Crippen molar-refractivity contribution < 1.29 is 18.8 Å². The minimum Gasteiger partial charge on any atom is -0.497 e. The molecule has 1 aromatic heterocycles. The first-order chi connectivity index (χ1) is 14.7. The molecule has 2 heterocycles. The van der Waals surface area contributed by atoms with E-state index in [0.717, 1.165) is 46.7 Å². The zero-order valence-electron chi connectivity index (χ0n) is 16.7. The third kappa shape index (κ3) is 3.44. The molecule has 1 aliphatic heterocycles. The maximum absolute atomic E-state index is 12.4. The molecule has 5 nitrogen and oxygen atoms in total. The van der Waals surface area contributed by atoms with Crippen molar-refractivity contribution in [2.24, 2.45) is 0 Å². The van der Waals surface area contributed by atoms with Gasteiger partial charge in [-0.2, -0.15) is 0 Å². The lowest BCUT2D eigenvalue weighted by molar-refractivity contribution is -0.945. The van der Waals surface area contributed by atoms with Crippen LogP contribution in [0.5, 0.6) is 11.5 Å². The van der Waals surface area contributed by atoms with Crippen molar-refractivity contribution in [3.8, 4) is 22.6 Å². The van der Waals surface area contributed by atoms with Crippen LogP contribution in [-0.2, 0) is 13.1 Å². The Labute approximate surface area is 174 Å². The highest BCUT2D eigenvalue weighted by atomic mass is 16.5. The minimum absolute atomic E-state index is 0.350. The molecule has 0 amide bonds. The van der Waals surface area contributed by atoms with E-state index in [1.807, 2.05) is 54.6 Å². The van der Waals surface area contributed by atoms with Crippen LogP contribution in [0.2, 0.25) is 0 Å². The molecule has 1 aliphatic rings. The fraction of sp³-hybridized carbons (Fsp3) is 0.160. The molecule has 0 radical (unpaired) electrons. The predicted octanol–water partition coefficient (Wildman–Crippen LogP) is 3.40. The number of ether oxygens (including phenoxy) is 2. The Kier molecular flexibility index (Phi) is 4.73. The van der Waals surface area contributed by atoms with Crippen LogP contribution in [0.4, 0.5) is 0 Å². The molecular formula is C25H22NO4+.